The van der Waals surface area contributed by atoms with E-state index >= 15 is 0 Å². The number of aromatic amines is 1. The van der Waals surface area contributed by atoms with Gasteiger partial charge in [-0.1, -0.05) is 18.2 Å². The second-order valence-corrected chi connectivity index (χ2v) is 4.97. The molecule has 5 heteroatoms. The highest BCUT2D eigenvalue weighted by Crippen LogP contribution is 2.15. The number of hydrogen-bond donors (Lipinski definition) is 3. The zero-order valence-corrected chi connectivity index (χ0v) is 11.7. The van der Waals surface area contributed by atoms with E-state index in [4.69, 9.17) is 5.73 Å². The molecule has 0 aliphatic heterocycles. The van der Waals surface area contributed by atoms with Gasteiger partial charge < -0.3 is 11.1 Å². The largest absolute Gasteiger partial charge is 0.399 e. The summed E-state index contributed by atoms with van der Waals surface area (Å²) >= 11 is 0. The first-order valence-corrected chi connectivity index (χ1v) is 6.71. The molecule has 0 radical (unpaired) electrons. The molecule has 5 nitrogen and oxygen atoms in total. The standard InChI is InChI=1S/C16H16N4O/c1-10-8-11(6-7-13(10)17)16(21)18-9-15-12-4-2-3-5-14(12)19-20-15/h2-8H,9,17H2,1H3,(H,18,21)(H,19,20). The van der Waals surface area contributed by atoms with Crippen LogP contribution in [0.5, 0.6) is 0 Å². The van der Waals surface area contributed by atoms with Crippen molar-refractivity contribution in [2.75, 3.05) is 5.73 Å². The molecule has 3 rings (SSSR count). The molecule has 4 N–H and O–H groups in total. The second-order valence-electron chi connectivity index (χ2n) is 4.97. The summed E-state index contributed by atoms with van der Waals surface area (Å²) in [5.74, 6) is -0.128. The summed E-state index contributed by atoms with van der Waals surface area (Å²) in [6.07, 6.45) is 0. The van der Waals surface area contributed by atoms with Gasteiger partial charge in [0.05, 0.1) is 17.8 Å². The number of nitrogen functional groups attached to an aromatic ring is 1. The fraction of sp³-hybridized carbons (Fsp3) is 0.125. The van der Waals surface area contributed by atoms with Gasteiger partial charge in [0, 0.05) is 16.6 Å². The van der Waals surface area contributed by atoms with Crippen LogP contribution in [0, 0.1) is 6.92 Å². The Morgan fingerprint density at radius 3 is 2.90 bits per heavy atom. The minimum atomic E-state index is -0.128. The molecule has 1 amide bonds. The average Bonchev–Trinajstić information content (AvgIpc) is 2.91. The number of nitrogens with one attached hydrogen (secondary N) is 2. The summed E-state index contributed by atoms with van der Waals surface area (Å²) in [5.41, 5.74) is 9.73. The first-order valence-electron chi connectivity index (χ1n) is 6.71. The highest BCUT2D eigenvalue weighted by Gasteiger charge is 2.09. The van der Waals surface area contributed by atoms with Gasteiger partial charge in [-0.2, -0.15) is 5.10 Å². The van der Waals surface area contributed by atoms with Crippen LogP contribution in [0.1, 0.15) is 21.6 Å². The van der Waals surface area contributed by atoms with E-state index in [1.165, 1.54) is 0 Å². The quantitative estimate of drug-likeness (QED) is 0.644. The Labute approximate surface area is 122 Å². The lowest BCUT2D eigenvalue weighted by atomic mass is 10.1. The summed E-state index contributed by atoms with van der Waals surface area (Å²) in [6.45, 7) is 2.29. The van der Waals surface area contributed by atoms with Crippen LogP contribution in [0.3, 0.4) is 0 Å². The molecule has 2 aromatic carbocycles. The third-order valence-electron chi connectivity index (χ3n) is 3.50. The third kappa shape index (κ3) is 2.58. The molecule has 21 heavy (non-hydrogen) atoms. The van der Waals surface area contributed by atoms with Gasteiger partial charge in [0.1, 0.15) is 0 Å². The summed E-state index contributed by atoms with van der Waals surface area (Å²) in [6, 6.07) is 13.1. The summed E-state index contributed by atoms with van der Waals surface area (Å²) < 4.78 is 0. The topological polar surface area (TPSA) is 83.8 Å². The number of hydrogen-bond acceptors (Lipinski definition) is 3. The first kappa shape index (κ1) is 13.2. The van der Waals surface area contributed by atoms with Gasteiger partial charge in [0.15, 0.2) is 0 Å². The highest BCUT2D eigenvalue weighted by atomic mass is 16.1. The molecule has 0 saturated carbocycles. The Bertz CT molecular complexity index is 807. The summed E-state index contributed by atoms with van der Waals surface area (Å²) in [4.78, 5) is 12.2. The van der Waals surface area contributed by atoms with Crippen molar-refractivity contribution in [3.63, 3.8) is 0 Å². The normalized spacial score (nSPS) is 10.7. The molecule has 3 aromatic rings. The highest BCUT2D eigenvalue weighted by molar-refractivity contribution is 5.95. The molecular formula is C16H16N4O. The lowest BCUT2D eigenvalue weighted by Gasteiger charge is -2.06. The van der Waals surface area contributed by atoms with Crippen molar-refractivity contribution in [2.24, 2.45) is 0 Å². The van der Waals surface area contributed by atoms with Crippen LogP contribution in [-0.2, 0) is 6.54 Å². The maximum Gasteiger partial charge on any atom is 0.251 e. The number of anilines is 1. The lowest BCUT2D eigenvalue weighted by Crippen LogP contribution is -2.23. The Hall–Kier alpha value is -2.82. The van der Waals surface area contributed by atoms with Crippen LogP contribution < -0.4 is 11.1 Å². The van der Waals surface area contributed by atoms with Crippen molar-refractivity contribution in [3.8, 4) is 0 Å². The number of fused-ring (bicyclic) bond motifs is 1. The van der Waals surface area contributed by atoms with Crippen molar-refractivity contribution in [1.82, 2.24) is 15.5 Å². The molecule has 1 aromatic heterocycles. The maximum absolute atomic E-state index is 12.2. The SMILES string of the molecule is Cc1cc(C(=O)NCc2[nH]nc3ccccc23)ccc1N. The molecule has 0 aliphatic carbocycles. The molecular weight excluding hydrogens is 264 g/mol. The van der Waals surface area contributed by atoms with E-state index in [0.717, 1.165) is 22.2 Å². The van der Waals surface area contributed by atoms with Crippen LogP contribution in [0.4, 0.5) is 5.69 Å². The van der Waals surface area contributed by atoms with E-state index in [1.807, 2.05) is 31.2 Å². The number of carbonyl (C=O) groups excluding carboxylic acids is 1. The number of nitrogens with two attached hydrogens (primary N) is 1. The number of para-hydroxylation sites is 1. The Morgan fingerprint density at radius 1 is 1.29 bits per heavy atom. The molecule has 0 unspecified atom stereocenters. The molecule has 106 valence electrons. The minimum Gasteiger partial charge on any atom is -0.399 e. The monoisotopic (exact) mass is 280 g/mol. The molecule has 0 atom stereocenters. The fourth-order valence-corrected chi connectivity index (χ4v) is 2.24. The fourth-order valence-electron chi connectivity index (χ4n) is 2.24. The number of nitrogens with zero attached hydrogens (tertiary/aromatic N) is 1. The van der Waals surface area contributed by atoms with E-state index in [9.17, 15) is 4.79 Å². The smallest absolute Gasteiger partial charge is 0.251 e. The Balaban J connectivity index is 1.75. The van der Waals surface area contributed by atoms with Gasteiger partial charge in [-0.05, 0) is 36.8 Å². The predicted molar refractivity (Wildman–Crippen MR) is 82.9 cm³/mol. The van der Waals surface area contributed by atoms with Gasteiger partial charge in [0.25, 0.3) is 5.91 Å². The van der Waals surface area contributed by atoms with Crippen molar-refractivity contribution in [1.29, 1.82) is 0 Å². The van der Waals surface area contributed by atoms with Crippen LogP contribution >= 0.6 is 0 Å². The van der Waals surface area contributed by atoms with Gasteiger partial charge in [-0.3, -0.25) is 9.89 Å². The number of amides is 1. The average molecular weight is 280 g/mol. The maximum atomic E-state index is 12.2. The van der Waals surface area contributed by atoms with E-state index in [-0.39, 0.29) is 5.91 Å². The van der Waals surface area contributed by atoms with Gasteiger partial charge in [-0.25, -0.2) is 0 Å². The van der Waals surface area contributed by atoms with E-state index in [2.05, 4.69) is 15.5 Å². The van der Waals surface area contributed by atoms with Gasteiger partial charge >= 0.3 is 0 Å². The van der Waals surface area contributed by atoms with E-state index in [1.54, 1.807) is 18.2 Å². The second kappa shape index (κ2) is 5.28. The summed E-state index contributed by atoms with van der Waals surface area (Å²) in [7, 11) is 0. The number of rotatable bonds is 3. The van der Waals surface area contributed by atoms with Crippen LogP contribution in [0.25, 0.3) is 10.9 Å². The number of aromatic nitrogens is 2. The lowest BCUT2D eigenvalue weighted by molar-refractivity contribution is 0.0950. The number of carbonyl (C=O) groups is 1. The molecule has 1 heterocycles. The van der Waals surface area contributed by atoms with Crippen LogP contribution in [0.15, 0.2) is 42.5 Å². The predicted octanol–water partition coefficient (Wildman–Crippen LogP) is 2.38. The number of H-pyrrole nitrogens is 1. The molecule has 0 saturated heterocycles. The minimum absolute atomic E-state index is 0.128. The van der Waals surface area contributed by atoms with E-state index < -0.39 is 0 Å². The first-order chi connectivity index (χ1) is 10.1. The molecule has 0 aliphatic rings. The van der Waals surface area contributed by atoms with Gasteiger partial charge in [-0.15, -0.1) is 0 Å². The third-order valence-corrected chi connectivity index (χ3v) is 3.50. The van der Waals surface area contributed by atoms with Crippen molar-refractivity contribution in [2.45, 2.75) is 13.5 Å². The summed E-state index contributed by atoms with van der Waals surface area (Å²) in [5, 5.41) is 11.1. The number of aryl methyl sites for hydroxylation is 1. The van der Waals surface area contributed by atoms with E-state index in [0.29, 0.717) is 17.8 Å². The Morgan fingerprint density at radius 2 is 2.10 bits per heavy atom. The van der Waals surface area contributed by atoms with Crippen molar-refractivity contribution >= 4 is 22.5 Å². The van der Waals surface area contributed by atoms with Crippen LogP contribution in [-0.4, -0.2) is 16.1 Å². The molecule has 0 bridgehead atoms. The van der Waals surface area contributed by atoms with Gasteiger partial charge in [0.2, 0.25) is 0 Å². The zero-order chi connectivity index (χ0) is 14.8. The molecule has 0 fully saturated rings. The Kier molecular flexibility index (Phi) is 3.31. The molecule has 0 spiro atoms. The van der Waals surface area contributed by atoms with Crippen molar-refractivity contribution in [3.05, 3.63) is 59.3 Å². The van der Waals surface area contributed by atoms with Crippen LogP contribution in [0.2, 0.25) is 0 Å². The number of benzene rings is 2. The van der Waals surface area contributed by atoms with Crippen molar-refractivity contribution < 1.29 is 4.79 Å². The zero-order valence-electron chi connectivity index (χ0n) is 11.7.